The average molecular weight is 336 g/mol. The van der Waals surface area contributed by atoms with Crippen molar-refractivity contribution in [1.82, 2.24) is 10.6 Å². The fourth-order valence-electron chi connectivity index (χ4n) is 1.95. The van der Waals surface area contributed by atoms with E-state index >= 15 is 0 Å². The number of carbonyl (C=O) groups excluding carboxylic acids is 2. The molecule has 23 heavy (non-hydrogen) atoms. The number of amides is 2. The van der Waals surface area contributed by atoms with Crippen LogP contribution in [0.15, 0.2) is 10.5 Å². The number of halogens is 3. The SMILES string of the molecule is Cc1cc([C@@H](C)NC(=O)CCNC(=O)OCC(F)(F)F)c(C)o1. The van der Waals surface area contributed by atoms with Crippen LogP contribution in [0.5, 0.6) is 0 Å². The Labute approximate surface area is 131 Å². The number of hydrogen-bond acceptors (Lipinski definition) is 4. The molecule has 0 unspecified atom stereocenters. The first-order valence-corrected chi connectivity index (χ1v) is 6.92. The zero-order chi connectivity index (χ0) is 17.6. The lowest BCUT2D eigenvalue weighted by Crippen LogP contribution is -2.33. The summed E-state index contributed by atoms with van der Waals surface area (Å²) in [4.78, 5) is 22.7. The maximum Gasteiger partial charge on any atom is 0.422 e. The van der Waals surface area contributed by atoms with Crippen LogP contribution in [0, 0.1) is 13.8 Å². The number of nitrogens with one attached hydrogen (secondary N) is 2. The van der Waals surface area contributed by atoms with Crippen LogP contribution < -0.4 is 10.6 Å². The molecule has 6 nitrogen and oxygen atoms in total. The van der Waals surface area contributed by atoms with Crippen molar-refractivity contribution < 1.29 is 31.9 Å². The van der Waals surface area contributed by atoms with Crippen LogP contribution in [0.3, 0.4) is 0 Å². The number of aryl methyl sites for hydroxylation is 2. The van der Waals surface area contributed by atoms with Gasteiger partial charge >= 0.3 is 12.3 Å². The molecule has 2 N–H and O–H groups in total. The first-order valence-electron chi connectivity index (χ1n) is 6.92. The molecule has 0 saturated heterocycles. The van der Waals surface area contributed by atoms with Gasteiger partial charge in [-0.15, -0.1) is 0 Å². The Balaban J connectivity index is 2.29. The lowest BCUT2D eigenvalue weighted by atomic mass is 10.1. The molecule has 0 aliphatic carbocycles. The number of ether oxygens (including phenoxy) is 1. The fraction of sp³-hybridized carbons (Fsp3) is 0.571. The minimum Gasteiger partial charge on any atom is -0.466 e. The van der Waals surface area contributed by atoms with Crippen LogP contribution >= 0.6 is 0 Å². The molecule has 0 saturated carbocycles. The van der Waals surface area contributed by atoms with E-state index in [1.54, 1.807) is 20.8 Å². The highest BCUT2D eigenvalue weighted by molar-refractivity contribution is 5.77. The van der Waals surface area contributed by atoms with Gasteiger partial charge in [-0.25, -0.2) is 4.79 Å². The highest BCUT2D eigenvalue weighted by atomic mass is 19.4. The maximum absolute atomic E-state index is 11.8. The maximum atomic E-state index is 11.8. The van der Waals surface area contributed by atoms with E-state index in [9.17, 15) is 22.8 Å². The second-order valence-corrected chi connectivity index (χ2v) is 5.03. The third-order valence-electron chi connectivity index (χ3n) is 2.91. The summed E-state index contributed by atoms with van der Waals surface area (Å²) in [5.41, 5.74) is 0.841. The number of carbonyl (C=O) groups is 2. The number of alkyl carbamates (subject to hydrolysis) is 1. The summed E-state index contributed by atoms with van der Waals surface area (Å²) in [6, 6.07) is 1.53. The molecule has 0 spiro atoms. The molecule has 130 valence electrons. The number of rotatable bonds is 6. The largest absolute Gasteiger partial charge is 0.466 e. The molecule has 2 amide bonds. The Hall–Kier alpha value is -2.19. The molecule has 0 aliphatic heterocycles. The Kier molecular flexibility index (Phi) is 6.47. The van der Waals surface area contributed by atoms with E-state index < -0.39 is 18.9 Å². The van der Waals surface area contributed by atoms with Gasteiger partial charge in [0, 0.05) is 18.5 Å². The molecule has 0 fully saturated rings. The highest BCUT2D eigenvalue weighted by Gasteiger charge is 2.29. The number of alkyl halides is 3. The monoisotopic (exact) mass is 336 g/mol. The predicted molar refractivity (Wildman–Crippen MR) is 74.8 cm³/mol. The molecule has 1 aromatic heterocycles. The molecule has 0 radical (unpaired) electrons. The summed E-state index contributed by atoms with van der Waals surface area (Å²) < 4.78 is 44.8. The Morgan fingerprint density at radius 1 is 1.35 bits per heavy atom. The van der Waals surface area contributed by atoms with Gasteiger partial charge in [0.15, 0.2) is 6.61 Å². The molecule has 1 atom stereocenters. The summed E-state index contributed by atoms with van der Waals surface area (Å²) in [6.07, 6.45) is -5.88. The predicted octanol–water partition coefficient (Wildman–Crippen LogP) is 2.75. The van der Waals surface area contributed by atoms with E-state index in [1.165, 1.54) is 0 Å². The Bertz CT molecular complexity index is 555. The lowest BCUT2D eigenvalue weighted by molar-refractivity contribution is -0.160. The van der Waals surface area contributed by atoms with Gasteiger partial charge in [0.1, 0.15) is 11.5 Å². The molecule has 1 heterocycles. The molecule has 0 aromatic carbocycles. The van der Waals surface area contributed by atoms with Gasteiger partial charge in [0.05, 0.1) is 6.04 Å². The van der Waals surface area contributed by atoms with Crippen LogP contribution in [0.1, 0.15) is 36.5 Å². The van der Waals surface area contributed by atoms with E-state index in [2.05, 4.69) is 15.4 Å². The van der Waals surface area contributed by atoms with Crippen molar-refractivity contribution in [3.63, 3.8) is 0 Å². The highest BCUT2D eigenvalue weighted by Crippen LogP contribution is 2.21. The van der Waals surface area contributed by atoms with Crippen LogP contribution in [0.25, 0.3) is 0 Å². The van der Waals surface area contributed by atoms with Crippen LogP contribution in [0.4, 0.5) is 18.0 Å². The zero-order valence-corrected chi connectivity index (χ0v) is 13.0. The Morgan fingerprint density at radius 2 is 2.00 bits per heavy atom. The molecular formula is C14H19F3N2O4. The number of furan rings is 1. The fourth-order valence-corrected chi connectivity index (χ4v) is 1.95. The van der Waals surface area contributed by atoms with Crippen molar-refractivity contribution in [2.24, 2.45) is 0 Å². The van der Waals surface area contributed by atoms with Crippen molar-refractivity contribution in [2.75, 3.05) is 13.2 Å². The van der Waals surface area contributed by atoms with Crippen LogP contribution in [-0.4, -0.2) is 31.3 Å². The summed E-state index contributed by atoms with van der Waals surface area (Å²) >= 11 is 0. The van der Waals surface area contributed by atoms with Crippen LogP contribution in [0.2, 0.25) is 0 Å². The second kappa shape index (κ2) is 7.89. The van der Waals surface area contributed by atoms with E-state index in [0.717, 1.165) is 11.3 Å². The zero-order valence-electron chi connectivity index (χ0n) is 13.0. The summed E-state index contributed by atoms with van der Waals surface area (Å²) in [7, 11) is 0. The second-order valence-electron chi connectivity index (χ2n) is 5.03. The Morgan fingerprint density at radius 3 is 2.52 bits per heavy atom. The quantitative estimate of drug-likeness (QED) is 0.837. The van der Waals surface area contributed by atoms with Crippen molar-refractivity contribution in [1.29, 1.82) is 0 Å². The first kappa shape index (κ1) is 18.9. The van der Waals surface area contributed by atoms with E-state index in [4.69, 9.17) is 4.42 Å². The summed E-state index contributed by atoms with van der Waals surface area (Å²) in [6.45, 7) is 3.56. The molecular weight excluding hydrogens is 317 g/mol. The smallest absolute Gasteiger partial charge is 0.422 e. The summed E-state index contributed by atoms with van der Waals surface area (Å²) in [5.74, 6) is 1.07. The van der Waals surface area contributed by atoms with Gasteiger partial charge in [-0.3, -0.25) is 4.79 Å². The van der Waals surface area contributed by atoms with Gasteiger partial charge < -0.3 is 19.8 Å². The molecule has 0 bridgehead atoms. The van der Waals surface area contributed by atoms with Crippen molar-refractivity contribution in [2.45, 2.75) is 39.4 Å². The van der Waals surface area contributed by atoms with Gasteiger partial charge in [-0.1, -0.05) is 0 Å². The molecule has 1 rings (SSSR count). The average Bonchev–Trinajstić information content (AvgIpc) is 2.74. The third-order valence-corrected chi connectivity index (χ3v) is 2.91. The van der Waals surface area contributed by atoms with Crippen molar-refractivity contribution in [3.05, 3.63) is 23.2 Å². The van der Waals surface area contributed by atoms with Gasteiger partial charge in [0.25, 0.3) is 0 Å². The molecule has 1 aromatic rings. The van der Waals surface area contributed by atoms with Crippen molar-refractivity contribution in [3.8, 4) is 0 Å². The van der Waals surface area contributed by atoms with Crippen molar-refractivity contribution >= 4 is 12.0 Å². The molecule has 9 heteroatoms. The minimum absolute atomic E-state index is 0.0820. The van der Waals surface area contributed by atoms with E-state index in [-0.39, 0.29) is 24.9 Å². The van der Waals surface area contributed by atoms with E-state index in [0.29, 0.717) is 5.76 Å². The van der Waals surface area contributed by atoms with E-state index in [1.807, 2.05) is 6.07 Å². The van der Waals surface area contributed by atoms with Crippen LogP contribution in [-0.2, 0) is 9.53 Å². The summed E-state index contributed by atoms with van der Waals surface area (Å²) in [5, 5.41) is 4.78. The third kappa shape index (κ3) is 7.07. The molecule has 0 aliphatic rings. The topological polar surface area (TPSA) is 80.6 Å². The van der Waals surface area contributed by atoms with Gasteiger partial charge in [-0.2, -0.15) is 13.2 Å². The minimum atomic E-state index is -4.58. The van der Waals surface area contributed by atoms with Gasteiger partial charge in [0.2, 0.25) is 5.91 Å². The van der Waals surface area contributed by atoms with Gasteiger partial charge in [-0.05, 0) is 26.8 Å². The lowest BCUT2D eigenvalue weighted by Gasteiger charge is -2.13. The first-order chi connectivity index (χ1) is 10.6. The number of hydrogen-bond donors (Lipinski definition) is 2. The standard InChI is InChI=1S/C14H19F3N2O4/c1-8-6-11(10(3)23-8)9(2)19-12(20)4-5-18-13(21)22-7-14(15,16)17/h6,9H,4-5,7H2,1-3H3,(H,18,21)(H,19,20)/t9-/m1/s1. The normalized spacial score (nSPS) is 12.6.